The molecule has 0 aromatic heterocycles. The Bertz CT molecular complexity index is 537. The van der Waals surface area contributed by atoms with Crippen LogP contribution in [0.15, 0.2) is 48.5 Å². The van der Waals surface area contributed by atoms with E-state index in [0.29, 0.717) is 12.5 Å². The van der Waals surface area contributed by atoms with Crippen LogP contribution in [0, 0.1) is 0 Å². The molecule has 3 heteroatoms. The molecule has 2 nitrogen and oxygen atoms in total. The average molecular weight is 290 g/mol. The van der Waals surface area contributed by atoms with Crippen molar-refractivity contribution in [1.29, 1.82) is 0 Å². The van der Waals surface area contributed by atoms with Crippen molar-refractivity contribution in [3.8, 4) is 5.75 Å². The smallest absolute Gasteiger partial charge is 0.119 e. The molecule has 0 amide bonds. The molecule has 106 valence electrons. The number of hydrogen-bond acceptors (Lipinski definition) is 2. The van der Waals surface area contributed by atoms with Crippen LogP contribution in [-0.4, -0.2) is 13.2 Å². The van der Waals surface area contributed by atoms with Crippen LogP contribution < -0.4 is 10.1 Å². The Labute approximate surface area is 125 Å². The average Bonchev–Trinajstić information content (AvgIpc) is 2.46. The van der Waals surface area contributed by atoms with Crippen LogP contribution in [-0.2, 0) is 0 Å². The number of para-hydroxylation sites is 1. The summed E-state index contributed by atoms with van der Waals surface area (Å²) in [7, 11) is 0. The second-order valence-electron chi connectivity index (χ2n) is 4.98. The van der Waals surface area contributed by atoms with E-state index < -0.39 is 0 Å². The van der Waals surface area contributed by atoms with E-state index in [1.807, 2.05) is 36.4 Å². The van der Waals surface area contributed by atoms with Crippen molar-refractivity contribution in [3.05, 3.63) is 59.1 Å². The van der Waals surface area contributed by atoms with Crippen molar-refractivity contribution in [3.63, 3.8) is 0 Å². The predicted molar refractivity (Wildman–Crippen MR) is 86.0 cm³/mol. The van der Waals surface area contributed by atoms with E-state index in [0.717, 1.165) is 23.0 Å². The predicted octanol–water partition coefficient (Wildman–Crippen LogP) is 4.95. The number of nitrogens with one attached hydrogen (secondary N) is 1. The Kier molecular flexibility index (Phi) is 5.31. The Hall–Kier alpha value is -1.67. The van der Waals surface area contributed by atoms with Gasteiger partial charge in [0.25, 0.3) is 0 Å². The zero-order valence-electron chi connectivity index (χ0n) is 11.9. The maximum Gasteiger partial charge on any atom is 0.119 e. The van der Waals surface area contributed by atoms with Crippen LogP contribution in [0.1, 0.15) is 25.3 Å². The summed E-state index contributed by atoms with van der Waals surface area (Å²) < 4.78 is 5.70. The molecule has 0 aliphatic carbocycles. The van der Waals surface area contributed by atoms with E-state index in [9.17, 15) is 0 Å². The summed E-state index contributed by atoms with van der Waals surface area (Å²) in [5, 5.41) is 3.99. The summed E-state index contributed by atoms with van der Waals surface area (Å²) in [5.41, 5.74) is 2.26. The third kappa shape index (κ3) is 4.17. The molecule has 2 aromatic rings. The van der Waals surface area contributed by atoms with Crippen LogP contribution in [0.4, 0.5) is 5.69 Å². The van der Waals surface area contributed by atoms with Crippen LogP contribution in [0.5, 0.6) is 5.75 Å². The highest BCUT2D eigenvalue weighted by atomic mass is 35.5. The van der Waals surface area contributed by atoms with Crippen LogP contribution in [0.2, 0.25) is 5.02 Å². The molecule has 0 saturated carbocycles. The van der Waals surface area contributed by atoms with Gasteiger partial charge in [0.05, 0.1) is 10.7 Å². The van der Waals surface area contributed by atoms with Crippen molar-refractivity contribution in [2.45, 2.75) is 19.8 Å². The minimum absolute atomic E-state index is 0.547. The molecule has 0 heterocycles. The first kappa shape index (κ1) is 14.7. The number of hydrogen-bond donors (Lipinski definition) is 1. The number of benzene rings is 2. The summed E-state index contributed by atoms with van der Waals surface area (Å²) in [4.78, 5) is 0. The van der Waals surface area contributed by atoms with E-state index in [-0.39, 0.29) is 0 Å². The molecule has 0 fully saturated rings. The molecule has 0 bridgehead atoms. The van der Waals surface area contributed by atoms with Gasteiger partial charge in [-0.05, 0) is 35.7 Å². The molecule has 2 rings (SSSR count). The Morgan fingerprint density at radius 2 is 1.75 bits per heavy atom. The van der Waals surface area contributed by atoms with Gasteiger partial charge in [-0.1, -0.05) is 49.7 Å². The summed E-state index contributed by atoms with van der Waals surface area (Å²) in [6.45, 7) is 5.69. The second-order valence-corrected chi connectivity index (χ2v) is 5.39. The highest BCUT2D eigenvalue weighted by Crippen LogP contribution is 2.20. The van der Waals surface area contributed by atoms with Gasteiger partial charge in [-0.2, -0.15) is 0 Å². The van der Waals surface area contributed by atoms with Crippen LogP contribution in [0.25, 0.3) is 0 Å². The van der Waals surface area contributed by atoms with Gasteiger partial charge < -0.3 is 10.1 Å². The van der Waals surface area contributed by atoms with Gasteiger partial charge in [0.15, 0.2) is 0 Å². The lowest BCUT2D eigenvalue weighted by molar-refractivity contribution is 0.333. The molecule has 0 saturated heterocycles. The summed E-state index contributed by atoms with van der Waals surface area (Å²) >= 11 is 6.06. The Morgan fingerprint density at radius 3 is 2.40 bits per heavy atom. The summed E-state index contributed by atoms with van der Waals surface area (Å²) in [6, 6.07) is 16.0. The van der Waals surface area contributed by atoms with E-state index in [2.05, 4.69) is 31.3 Å². The molecular weight excluding hydrogens is 270 g/mol. The second kappa shape index (κ2) is 7.20. The molecule has 0 unspecified atom stereocenters. The van der Waals surface area contributed by atoms with Gasteiger partial charge in [-0.15, -0.1) is 0 Å². The van der Waals surface area contributed by atoms with E-state index in [1.165, 1.54) is 5.56 Å². The summed E-state index contributed by atoms with van der Waals surface area (Å²) in [6.07, 6.45) is 0. The van der Waals surface area contributed by atoms with Gasteiger partial charge in [0.1, 0.15) is 12.4 Å². The molecule has 0 spiro atoms. The van der Waals surface area contributed by atoms with Crippen molar-refractivity contribution in [2.24, 2.45) is 0 Å². The lowest BCUT2D eigenvalue weighted by Gasteiger charge is -2.11. The number of halogens is 1. The SMILES string of the molecule is CC(C)c1ccc(OCCNc2ccccc2Cl)cc1. The maximum absolute atomic E-state index is 6.06. The standard InChI is InChI=1S/C17H20ClNO/c1-13(2)14-7-9-15(10-8-14)20-12-11-19-17-6-4-3-5-16(17)18/h3-10,13,19H,11-12H2,1-2H3. The zero-order valence-corrected chi connectivity index (χ0v) is 12.7. The van der Waals surface area contributed by atoms with Gasteiger partial charge in [0.2, 0.25) is 0 Å². The van der Waals surface area contributed by atoms with Crippen molar-refractivity contribution < 1.29 is 4.74 Å². The molecule has 0 aliphatic heterocycles. The van der Waals surface area contributed by atoms with E-state index in [4.69, 9.17) is 16.3 Å². The largest absolute Gasteiger partial charge is 0.492 e. The van der Waals surface area contributed by atoms with Gasteiger partial charge in [0, 0.05) is 6.54 Å². The van der Waals surface area contributed by atoms with Gasteiger partial charge in [-0.25, -0.2) is 0 Å². The fourth-order valence-electron chi connectivity index (χ4n) is 1.91. The lowest BCUT2D eigenvalue weighted by atomic mass is 10.0. The first-order valence-corrected chi connectivity index (χ1v) is 7.26. The van der Waals surface area contributed by atoms with Crippen molar-refractivity contribution >= 4 is 17.3 Å². The van der Waals surface area contributed by atoms with Gasteiger partial charge >= 0.3 is 0 Å². The topological polar surface area (TPSA) is 21.3 Å². The fourth-order valence-corrected chi connectivity index (χ4v) is 2.11. The minimum atomic E-state index is 0.547. The quantitative estimate of drug-likeness (QED) is 0.759. The van der Waals surface area contributed by atoms with Gasteiger partial charge in [-0.3, -0.25) is 0 Å². The first-order valence-electron chi connectivity index (χ1n) is 6.88. The summed E-state index contributed by atoms with van der Waals surface area (Å²) in [5.74, 6) is 1.45. The first-order chi connectivity index (χ1) is 9.66. The lowest BCUT2D eigenvalue weighted by Crippen LogP contribution is -2.11. The Morgan fingerprint density at radius 1 is 1.05 bits per heavy atom. The van der Waals surface area contributed by atoms with Crippen LogP contribution in [0.3, 0.4) is 0 Å². The molecule has 20 heavy (non-hydrogen) atoms. The Balaban J connectivity index is 1.77. The fraction of sp³-hybridized carbons (Fsp3) is 0.294. The van der Waals surface area contributed by atoms with E-state index in [1.54, 1.807) is 0 Å². The van der Waals surface area contributed by atoms with Crippen molar-refractivity contribution in [1.82, 2.24) is 0 Å². The molecule has 1 N–H and O–H groups in total. The zero-order chi connectivity index (χ0) is 14.4. The third-order valence-electron chi connectivity index (χ3n) is 3.11. The van der Waals surface area contributed by atoms with Crippen LogP contribution >= 0.6 is 11.6 Å². The number of anilines is 1. The normalized spacial score (nSPS) is 10.6. The highest BCUT2D eigenvalue weighted by molar-refractivity contribution is 6.33. The maximum atomic E-state index is 6.06. The molecule has 0 atom stereocenters. The molecule has 2 aromatic carbocycles. The molecule has 0 radical (unpaired) electrons. The minimum Gasteiger partial charge on any atom is -0.492 e. The number of ether oxygens (including phenoxy) is 1. The number of rotatable bonds is 6. The van der Waals surface area contributed by atoms with E-state index >= 15 is 0 Å². The monoisotopic (exact) mass is 289 g/mol. The highest BCUT2D eigenvalue weighted by Gasteiger charge is 2.00. The van der Waals surface area contributed by atoms with Crippen molar-refractivity contribution in [2.75, 3.05) is 18.5 Å². The third-order valence-corrected chi connectivity index (χ3v) is 3.44. The molecule has 0 aliphatic rings. The molecular formula is C17H20ClNO.